The number of nitrogens with zero attached hydrogens (tertiary/aromatic N) is 6. The van der Waals surface area contributed by atoms with Gasteiger partial charge in [-0.3, -0.25) is 0 Å². The van der Waals surface area contributed by atoms with Gasteiger partial charge in [-0.2, -0.15) is 29.9 Å². The van der Waals surface area contributed by atoms with Gasteiger partial charge in [-0.1, -0.05) is 118 Å². The van der Waals surface area contributed by atoms with E-state index in [1.165, 1.54) is 5.56 Å². The van der Waals surface area contributed by atoms with Crippen molar-refractivity contribution in [2.75, 3.05) is 21.3 Å². The van der Waals surface area contributed by atoms with Crippen molar-refractivity contribution in [2.45, 2.75) is 66.5 Å². The highest BCUT2D eigenvalue weighted by Gasteiger charge is 2.11. The Kier molecular flexibility index (Phi) is 14.6. The maximum atomic E-state index is 4.56. The Morgan fingerprint density at radius 2 is 0.940 bits per heavy atom. The minimum atomic E-state index is 0.251. The molecule has 1 unspecified atom stereocenters. The lowest BCUT2D eigenvalue weighted by atomic mass is 10.1. The summed E-state index contributed by atoms with van der Waals surface area (Å²) in [5.74, 6) is 3.62. The fourth-order valence-corrected chi connectivity index (χ4v) is 4.49. The summed E-state index contributed by atoms with van der Waals surface area (Å²) < 4.78 is 0. The summed E-state index contributed by atoms with van der Waals surface area (Å²) in [6.45, 7) is 12.4. The molecule has 50 heavy (non-hydrogen) atoms. The third-order valence-electron chi connectivity index (χ3n) is 7.02. The first-order valence-electron chi connectivity index (χ1n) is 17.2. The van der Waals surface area contributed by atoms with Gasteiger partial charge in [0.2, 0.25) is 23.8 Å². The van der Waals surface area contributed by atoms with Crippen LogP contribution in [0.15, 0.2) is 121 Å². The number of aromatic nitrogens is 6. The van der Waals surface area contributed by atoms with Crippen molar-refractivity contribution >= 4 is 35.2 Å². The zero-order chi connectivity index (χ0) is 35.6. The van der Waals surface area contributed by atoms with Crippen LogP contribution in [-0.4, -0.2) is 42.0 Å². The summed E-state index contributed by atoms with van der Waals surface area (Å²) in [7, 11) is 0. The quantitative estimate of drug-likeness (QED) is 0.100. The molecule has 0 fully saturated rings. The number of benzene rings is 4. The van der Waals surface area contributed by atoms with Crippen LogP contribution in [0.3, 0.4) is 0 Å². The largest absolute Gasteiger partial charge is 0.352 e. The van der Waals surface area contributed by atoms with E-state index < -0.39 is 0 Å². The second kappa shape index (κ2) is 19.8. The molecule has 0 spiro atoms. The molecular formula is C40H48N10. The molecule has 258 valence electrons. The summed E-state index contributed by atoms with van der Waals surface area (Å²) >= 11 is 0. The minimum absolute atomic E-state index is 0.251. The fraction of sp³-hybridized carbons (Fsp3) is 0.250. The number of rotatable bonds is 12. The van der Waals surface area contributed by atoms with Gasteiger partial charge in [0.1, 0.15) is 5.82 Å². The monoisotopic (exact) mass is 668 g/mol. The predicted octanol–water partition coefficient (Wildman–Crippen LogP) is 9.55. The van der Waals surface area contributed by atoms with Crippen molar-refractivity contribution < 1.29 is 0 Å². The van der Waals surface area contributed by atoms with Gasteiger partial charge in [0.25, 0.3) is 0 Å². The molecule has 10 nitrogen and oxygen atoms in total. The van der Waals surface area contributed by atoms with Gasteiger partial charge in [-0.25, -0.2) is 0 Å². The Morgan fingerprint density at radius 1 is 0.500 bits per heavy atom. The molecule has 6 aromatic rings. The maximum absolute atomic E-state index is 4.56. The Labute approximate surface area is 296 Å². The van der Waals surface area contributed by atoms with Crippen molar-refractivity contribution in [3.8, 4) is 11.4 Å². The number of hydrogen-bond acceptors (Lipinski definition) is 10. The Morgan fingerprint density at radius 3 is 1.46 bits per heavy atom. The average molecular weight is 669 g/mol. The molecule has 0 amide bonds. The molecule has 4 N–H and O–H groups in total. The van der Waals surface area contributed by atoms with Crippen LogP contribution in [0, 0.1) is 0 Å². The molecule has 0 aliphatic carbocycles. The molecule has 0 saturated heterocycles. The van der Waals surface area contributed by atoms with Crippen molar-refractivity contribution in [3.05, 3.63) is 133 Å². The molecule has 0 bridgehead atoms. The molecule has 4 aromatic carbocycles. The third-order valence-corrected chi connectivity index (χ3v) is 7.02. The van der Waals surface area contributed by atoms with Gasteiger partial charge in [-0.05, 0) is 57.0 Å². The summed E-state index contributed by atoms with van der Waals surface area (Å²) in [4.78, 5) is 27.2. The highest BCUT2D eigenvalue weighted by Crippen LogP contribution is 2.21. The van der Waals surface area contributed by atoms with Crippen LogP contribution >= 0.6 is 0 Å². The van der Waals surface area contributed by atoms with Crippen LogP contribution in [0.1, 0.15) is 59.4 Å². The molecule has 1 atom stereocenters. The van der Waals surface area contributed by atoms with Gasteiger partial charge >= 0.3 is 0 Å². The SMILES string of the molecule is CC.CC(C)Nc1nc(Cc2ccccc2)nc(Nc2ccccc2)n1.CCC(C)Nc1nc(Nc2ccccc2)nc(-c2ccccc2)n1. The van der Waals surface area contributed by atoms with Crippen molar-refractivity contribution in [2.24, 2.45) is 0 Å². The summed E-state index contributed by atoms with van der Waals surface area (Å²) in [5.41, 5.74) is 4.02. The second-order valence-electron chi connectivity index (χ2n) is 11.5. The van der Waals surface area contributed by atoms with E-state index in [1.807, 2.05) is 123 Å². The van der Waals surface area contributed by atoms with E-state index in [-0.39, 0.29) is 6.04 Å². The minimum Gasteiger partial charge on any atom is -0.352 e. The summed E-state index contributed by atoms with van der Waals surface area (Å²) in [6.07, 6.45) is 1.66. The highest BCUT2D eigenvalue weighted by atomic mass is 15.2. The molecule has 2 heterocycles. The first kappa shape index (κ1) is 36.9. The first-order chi connectivity index (χ1) is 24.4. The highest BCUT2D eigenvalue weighted by molar-refractivity contribution is 5.61. The number of para-hydroxylation sites is 2. The first-order valence-corrected chi connectivity index (χ1v) is 17.2. The Bertz CT molecular complexity index is 1760. The number of anilines is 6. The summed E-state index contributed by atoms with van der Waals surface area (Å²) in [6, 6.07) is 40.4. The van der Waals surface area contributed by atoms with Gasteiger partial charge in [0.05, 0.1) is 0 Å². The number of nitrogens with one attached hydrogen (secondary N) is 4. The second-order valence-corrected chi connectivity index (χ2v) is 11.5. The zero-order valence-electron chi connectivity index (χ0n) is 29.8. The van der Waals surface area contributed by atoms with Crippen molar-refractivity contribution in [3.63, 3.8) is 0 Å². The molecule has 0 radical (unpaired) electrons. The molecule has 0 aliphatic rings. The van der Waals surface area contributed by atoms with Crippen LogP contribution in [0.4, 0.5) is 35.2 Å². The lowest BCUT2D eigenvalue weighted by Crippen LogP contribution is -2.17. The van der Waals surface area contributed by atoms with E-state index in [4.69, 9.17) is 0 Å². The smallest absolute Gasteiger partial charge is 0.232 e. The van der Waals surface area contributed by atoms with Gasteiger partial charge in [0.15, 0.2) is 5.82 Å². The Balaban J connectivity index is 0.000000214. The van der Waals surface area contributed by atoms with E-state index in [0.29, 0.717) is 42.1 Å². The normalized spacial score (nSPS) is 10.9. The van der Waals surface area contributed by atoms with E-state index in [2.05, 4.69) is 91.0 Å². The standard InChI is InChI=1S/2C19H21N5.C2H6/c1-14(2)20-18-22-17(13-15-9-5-3-6-10-15)23-19(24-18)21-16-11-7-4-8-12-16;1-3-14(2)20-18-22-17(15-10-6-4-7-11-15)23-19(24-18)21-16-12-8-5-9-13-16;1-2/h3-12,14H,13H2,1-2H3,(H2,20,21,22,23,24);4-14H,3H2,1-2H3,(H2,20,21,22,23,24);1-2H3. The molecule has 6 rings (SSSR count). The van der Waals surface area contributed by atoms with Gasteiger partial charge < -0.3 is 21.3 Å². The zero-order valence-corrected chi connectivity index (χ0v) is 29.8. The van der Waals surface area contributed by atoms with Crippen LogP contribution in [0.25, 0.3) is 11.4 Å². The van der Waals surface area contributed by atoms with Crippen LogP contribution in [-0.2, 0) is 6.42 Å². The Hall–Kier alpha value is -5.90. The number of hydrogen-bond donors (Lipinski definition) is 4. The van der Waals surface area contributed by atoms with Crippen LogP contribution in [0.5, 0.6) is 0 Å². The third kappa shape index (κ3) is 12.3. The van der Waals surface area contributed by atoms with Crippen molar-refractivity contribution in [1.29, 1.82) is 0 Å². The van der Waals surface area contributed by atoms with E-state index in [0.717, 1.165) is 29.2 Å². The molecular weight excluding hydrogens is 621 g/mol. The lowest BCUT2D eigenvalue weighted by Gasteiger charge is -2.13. The molecule has 0 aliphatic heterocycles. The van der Waals surface area contributed by atoms with Gasteiger partial charge in [0, 0.05) is 35.4 Å². The van der Waals surface area contributed by atoms with E-state index in [1.54, 1.807) is 0 Å². The van der Waals surface area contributed by atoms with Crippen LogP contribution in [0.2, 0.25) is 0 Å². The van der Waals surface area contributed by atoms with Crippen molar-refractivity contribution in [1.82, 2.24) is 29.9 Å². The topological polar surface area (TPSA) is 125 Å². The fourth-order valence-electron chi connectivity index (χ4n) is 4.49. The van der Waals surface area contributed by atoms with Crippen LogP contribution < -0.4 is 21.3 Å². The van der Waals surface area contributed by atoms with E-state index >= 15 is 0 Å². The molecule has 2 aromatic heterocycles. The van der Waals surface area contributed by atoms with E-state index in [9.17, 15) is 0 Å². The van der Waals surface area contributed by atoms with Gasteiger partial charge in [-0.15, -0.1) is 0 Å². The summed E-state index contributed by atoms with van der Waals surface area (Å²) in [5, 5.41) is 13.1. The molecule has 0 saturated carbocycles. The predicted molar refractivity (Wildman–Crippen MR) is 207 cm³/mol. The average Bonchev–Trinajstić information content (AvgIpc) is 3.14. The molecule has 10 heteroatoms. The lowest BCUT2D eigenvalue weighted by molar-refractivity contribution is 0.751. The maximum Gasteiger partial charge on any atom is 0.232 e.